The van der Waals surface area contributed by atoms with Crippen molar-refractivity contribution in [2.24, 2.45) is 0 Å². The van der Waals surface area contributed by atoms with Gasteiger partial charge in [-0.2, -0.15) is 5.10 Å². The van der Waals surface area contributed by atoms with Gasteiger partial charge in [0.2, 0.25) is 0 Å². The number of pyridine rings is 2. The Morgan fingerprint density at radius 3 is 2.90 bits per heavy atom. The van der Waals surface area contributed by atoms with Gasteiger partial charge < -0.3 is 4.40 Å². The van der Waals surface area contributed by atoms with Gasteiger partial charge >= 0.3 is 0 Å². The minimum atomic E-state index is 0.931. The average molecular weight is 261 g/mol. The summed E-state index contributed by atoms with van der Waals surface area (Å²) in [5.41, 5.74) is 5.06. The summed E-state index contributed by atoms with van der Waals surface area (Å²) in [4.78, 5) is 8.41. The fourth-order valence-corrected chi connectivity index (χ4v) is 2.32. The Morgan fingerprint density at radius 1 is 1.00 bits per heavy atom. The van der Waals surface area contributed by atoms with Crippen molar-refractivity contribution in [3.63, 3.8) is 0 Å². The fraction of sp³-hybridized carbons (Fsp3) is 0. The number of imidazole rings is 1. The molecule has 96 valence electrons. The smallest absolute Gasteiger partial charge is 0.136 e. The lowest BCUT2D eigenvalue weighted by molar-refractivity contribution is 1.09. The SMILES string of the molecule is c1cncc(-c2[nH]ncc2-c2ccc3nccn3c2)c1. The molecule has 0 atom stereocenters. The molecule has 0 aliphatic heterocycles. The zero-order chi connectivity index (χ0) is 13.4. The highest BCUT2D eigenvalue weighted by atomic mass is 15.1. The third kappa shape index (κ3) is 1.68. The Balaban J connectivity index is 1.88. The lowest BCUT2D eigenvalue weighted by Crippen LogP contribution is -1.87. The molecule has 4 aromatic rings. The molecule has 0 aromatic carbocycles. The van der Waals surface area contributed by atoms with Gasteiger partial charge in [0.05, 0.1) is 11.9 Å². The van der Waals surface area contributed by atoms with E-state index in [4.69, 9.17) is 0 Å². The second-order valence-corrected chi connectivity index (χ2v) is 4.51. The first-order valence-corrected chi connectivity index (χ1v) is 6.29. The van der Waals surface area contributed by atoms with Crippen LogP contribution in [0.5, 0.6) is 0 Å². The van der Waals surface area contributed by atoms with Crippen LogP contribution in [0.3, 0.4) is 0 Å². The Morgan fingerprint density at radius 2 is 2.00 bits per heavy atom. The molecule has 4 aromatic heterocycles. The van der Waals surface area contributed by atoms with E-state index in [2.05, 4.69) is 20.2 Å². The molecule has 0 bridgehead atoms. The van der Waals surface area contributed by atoms with Crippen molar-refractivity contribution in [1.82, 2.24) is 24.6 Å². The van der Waals surface area contributed by atoms with Crippen LogP contribution in [-0.2, 0) is 0 Å². The van der Waals surface area contributed by atoms with E-state index in [0.717, 1.165) is 28.0 Å². The van der Waals surface area contributed by atoms with Crippen LogP contribution in [0.4, 0.5) is 0 Å². The van der Waals surface area contributed by atoms with E-state index in [1.165, 1.54) is 0 Å². The van der Waals surface area contributed by atoms with Crippen molar-refractivity contribution in [3.05, 3.63) is 61.4 Å². The zero-order valence-corrected chi connectivity index (χ0v) is 10.6. The van der Waals surface area contributed by atoms with Crippen LogP contribution < -0.4 is 0 Å². The molecule has 0 fully saturated rings. The van der Waals surface area contributed by atoms with E-state index in [1.807, 2.05) is 53.5 Å². The lowest BCUT2D eigenvalue weighted by Gasteiger charge is -2.04. The number of fused-ring (bicyclic) bond motifs is 1. The van der Waals surface area contributed by atoms with Crippen molar-refractivity contribution < 1.29 is 0 Å². The van der Waals surface area contributed by atoms with Crippen LogP contribution in [0.15, 0.2) is 61.4 Å². The van der Waals surface area contributed by atoms with E-state index in [-0.39, 0.29) is 0 Å². The first-order valence-electron chi connectivity index (χ1n) is 6.29. The summed E-state index contributed by atoms with van der Waals surface area (Å²) in [6.07, 6.45) is 11.2. The number of nitrogens with zero attached hydrogens (tertiary/aromatic N) is 4. The topological polar surface area (TPSA) is 58.9 Å². The molecular formula is C15H11N5. The molecule has 0 saturated heterocycles. The number of aromatic amines is 1. The molecule has 0 unspecified atom stereocenters. The fourth-order valence-electron chi connectivity index (χ4n) is 2.32. The summed E-state index contributed by atoms with van der Waals surface area (Å²) in [7, 11) is 0. The number of H-pyrrole nitrogens is 1. The van der Waals surface area contributed by atoms with Gasteiger partial charge in [-0.15, -0.1) is 0 Å². The lowest BCUT2D eigenvalue weighted by atomic mass is 10.0. The molecule has 5 nitrogen and oxygen atoms in total. The Labute approximate surface area is 115 Å². The third-order valence-electron chi connectivity index (χ3n) is 3.29. The van der Waals surface area contributed by atoms with Gasteiger partial charge in [-0.05, 0) is 24.3 Å². The summed E-state index contributed by atoms with van der Waals surface area (Å²) in [6, 6.07) is 7.97. The number of hydrogen-bond donors (Lipinski definition) is 1. The van der Waals surface area contributed by atoms with Crippen LogP contribution in [0, 0.1) is 0 Å². The van der Waals surface area contributed by atoms with Gasteiger partial charge in [-0.3, -0.25) is 10.1 Å². The predicted octanol–water partition coefficient (Wildman–Crippen LogP) is 2.79. The van der Waals surface area contributed by atoms with Crippen molar-refractivity contribution in [2.75, 3.05) is 0 Å². The summed E-state index contributed by atoms with van der Waals surface area (Å²) >= 11 is 0. The first kappa shape index (κ1) is 10.9. The summed E-state index contributed by atoms with van der Waals surface area (Å²) in [6.45, 7) is 0. The van der Waals surface area contributed by atoms with Crippen molar-refractivity contribution in [3.8, 4) is 22.4 Å². The zero-order valence-electron chi connectivity index (χ0n) is 10.6. The second kappa shape index (κ2) is 4.31. The molecule has 0 spiro atoms. The third-order valence-corrected chi connectivity index (χ3v) is 3.29. The van der Waals surface area contributed by atoms with Gasteiger partial charge in [-0.25, -0.2) is 4.98 Å². The minimum absolute atomic E-state index is 0.931. The minimum Gasteiger partial charge on any atom is -0.306 e. The van der Waals surface area contributed by atoms with Crippen LogP contribution >= 0.6 is 0 Å². The Kier molecular flexibility index (Phi) is 2.35. The van der Waals surface area contributed by atoms with Crippen LogP contribution in [0.2, 0.25) is 0 Å². The number of aromatic nitrogens is 5. The molecule has 20 heavy (non-hydrogen) atoms. The first-order chi connectivity index (χ1) is 9.92. The van der Waals surface area contributed by atoms with Crippen molar-refractivity contribution in [1.29, 1.82) is 0 Å². The molecule has 0 aliphatic carbocycles. The van der Waals surface area contributed by atoms with Crippen molar-refractivity contribution in [2.45, 2.75) is 0 Å². The monoisotopic (exact) mass is 261 g/mol. The predicted molar refractivity (Wildman–Crippen MR) is 76.0 cm³/mol. The normalized spacial score (nSPS) is 11.0. The van der Waals surface area contributed by atoms with E-state index in [1.54, 1.807) is 12.4 Å². The van der Waals surface area contributed by atoms with Gasteiger partial charge in [0.15, 0.2) is 0 Å². The summed E-state index contributed by atoms with van der Waals surface area (Å²) in [5, 5.41) is 7.21. The van der Waals surface area contributed by atoms with Gasteiger partial charge in [0, 0.05) is 47.7 Å². The molecular weight excluding hydrogens is 250 g/mol. The molecule has 0 saturated carbocycles. The Hall–Kier alpha value is -2.95. The second-order valence-electron chi connectivity index (χ2n) is 4.51. The van der Waals surface area contributed by atoms with E-state index >= 15 is 0 Å². The average Bonchev–Trinajstić information content (AvgIpc) is 3.16. The Bertz CT molecular complexity index is 860. The quantitative estimate of drug-likeness (QED) is 0.603. The van der Waals surface area contributed by atoms with Gasteiger partial charge in [0.1, 0.15) is 5.65 Å². The van der Waals surface area contributed by atoms with Crippen LogP contribution in [0.1, 0.15) is 0 Å². The maximum Gasteiger partial charge on any atom is 0.136 e. The van der Waals surface area contributed by atoms with E-state index in [9.17, 15) is 0 Å². The summed E-state index contributed by atoms with van der Waals surface area (Å²) < 4.78 is 2.00. The number of hydrogen-bond acceptors (Lipinski definition) is 3. The van der Waals surface area contributed by atoms with Gasteiger partial charge in [-0.1, -0.05) is 0 Å². The van der Waals surface area contributed by atoms with E-state index in [0.29, 0.717) is 0 Å². The molecule has 0 amide bonds. The van der Waals surface area contributed by atoms with Gasteiger partial charge in [0.25, 0.3) is 0 Å². The highest BCUT2D eigenvalue weighted by molar-refractivity contribution is 5.80. The highest BCUT2D eigenvalue weighted by Gasteiger charge is 2.10. The molecule has 0 aliphatic rings. The molecule has 0 radical (unpaired) electrons. The molecule has 1 N–H and O–H groups in total. The van der Waals surface area contributed by atoms with Crippen LogP contribution in [-0.4, -0.2) is 24.6 Å². The number of rotatable bonds is 2. The highest BCUT2D eigenvalue weighted by Crippen LogP contribution is 2.29. The molecule has 4 rings (SSSR count). The maximum atomic E-state index is 4.25. The molecule has 4 heterocycles. The standard InChI is InChI=1S/C15H11N5/c1-2-11(8-16-5-1)15-13(9-18-19-15)12-3-4-14-17-6-7-20(14)10-12/h1-10H,(H,18,19). The summed E-state index contributed by atoms with van der Waals surface area (Å²) in [5.74, 6) is 0. The van der Waals surface area contributed by atoms with Crippen molar-refractivity contribution >= 4 is 5.65 Å². The van der Waals surface area contributed by atoms with Crippen LogP contribution in [0.25, 0.3) is 28.0 Å². The van der Waals surface area contributed by atoms with E-state index < -0.39 is 0 Å². The number of nitrogens with one attached hydrogen (secondary N) is 1. The largest absolute Gasteiger partial charge is 0.306 e. The maximum absolute atomic E-state index is 4.25. The molecule has 5 heteroatoms.